The number of hydrogen-bond acceptors (Lipinski definition) is 0. The molecule has 2 aliphatic rings. The Morgan fingerprint density at radius 3 is 1.67 bits per heavy atom. The highest BCUT2D eigenvalue weighted by Crippen LogP contribution is 2.59. The molecule has 0 aromatic rings. The first-order valence-electron chi connectivity index (χ1n) is 7.05. The van der Waals surface area contributed by atoms with Crippen LogP contribution in [0.5, 0.6) is 0 Å². The summed E-state index contributed by atoms with van der Waals surface area (Å²) >= 11 is 0. The van der Waals surface area contributed by atoms with Crippen molar-refractivity contribution in [1.29, 1.82) is 0 Å². The second-order valence-corrected chi connectivity index (χ2v) is 6.83. The van der Waals surface area contributed by atoms with E-state index >= 15 is 0 Å². The van der Waals surface area contributed by atoms with Crippen LogP contribution >= 0.6 is 0 Å². The van der Waals surface area contributed by atoms with Gasteiger partial charge < -0.3 is 0 Å². The average molecular weight is 208 g/mol. The van der Waals surface area contributed by atoms with Gasteiger partial charge in [0.05, 0.1) is 0 Å². The SMILES string of the molecule is CC(C)C1CCC2(CC1)CCC2C(C)C. The number of hydrogen-bond donors (Lipinski definition) is 0. The summed E-state index contributed by atoms with van der Waals surface area (Å²) in [4.78, 5) is 0. The van der Waals surface area contributed by atoms with Gasteiger partial charge in [0.25, 0.3) is 0 Å². The Hall–Kier alpha value is 0. The molecule has 2 saturated carbocycles. The summed E-state index contributed by atoms with van der Waals surface area (Å²) in [6, 6.07) is 0. The van der Waals surface area contributed by atoms with E-state index in [4.69, 9.17) is 0 Å². The minimum Gasteiger partial charge on any atom is -0.0625 e. The fourth-order valence-corrected chi connectivity index (χ4v) is 4.26. The van der Waals surface area contributed by atoms with Gasteiger partial charge in [-0.1, -0.05) is 27.7 Å². The van der Waals surface area contributed by atoms with Crippen LogP contribution in [0.1, 0.15) is 66.2 Å². The summed E-state index contributed by atoms with van der Waals surface area (Å²) in [5.74, 6) is 3.93. The molecule has 0 radical (unpaired) electrons. The van der Waals surface area contributed by atoms with Gasteiger partial charge in [0, 0.05) is 0 Å². The van der Waals surface area contributed by atoms with Gasteiger partial charge in [-0.3, -0.25) is 0 Å². The van der Waals surface area contributed by atoms with Gasteiger partial charge in [-0.25, -0.2) is 0 Å². The van der Waals surface area contributed by atoms with E-state index in [1.807, 2.05) is 0 Å². The van der Waals surface area contributed by atoms with Gasteiger partial charge in [-0.05, 0) is 67.6 Å². The average Bonchev–Trinajstić information content (AvgIpc) is 2.15. The molecule has 0 nitrogen and oxygen atoms in total. The third-order valence-corrected chi connectivity index (χ3v) is 5.51. The molecule has 0 amide bonds. The molecule has 2 aliphatic carbocycles. The lowest BCUT2D eigenvalue weighted by molar-refractivity contribution is -0.0525. The van der Waals surface area contributed by atoms with Crippen LogP contribution in [0.3, 0.4) is 0 Å². The predicted octanol–water partition coefficient (Wildman–Crippen LogP) is 4.89. The summed E-state index contributed by atoms with van der Waals surface area (Å²) in [5.41, 5.74) is 0.805. The molecule has 0 aromatic carbocycles. The zero-order valence-corrected chi connectivity index (χ0v) is 11.1. The van der Waals surface area contributed by atoms with Gasteiger partial charge in [-0.15, -0.1) is 0 Å². The summed E-state index contributed by atoms with van der Waals surface area (Å²) in [7, 11) is 0. The molecule has 1 unspecified atom stereocenters. The molecule has 1 spiro atoms. The van der Waals surface area contributed by atoms with Gasteiger partial charge in [-0.2, -0.15) is 0 Å². The second-order valence-electron chi connectivity index (χ2n) is 6.83. The molecular weight excluding hydrogens is 180 g/mol. The standard InChI is InChI=1S/C15H28/c1-11(2)13-5-8-15(9-6-13)10-7-14(15)12(3)4/h11-14H,5-10H2,1-4H3. The summed E-state index contributed by atoms with van der Waals surface area (Å²) in [5, 5.41) is 0. The molecule has 0 aromatic heterocycles. The maximum atomic E-state index is 2.43. The monoisotopic (exact) mass is 208 g/mol. The van der Waals surface area contributed by atoms with E-state index in [1.165, 1.54) is 19.3 Å². The number of rotatable bonds is 2. The van der Waals surface area contributed by atoms with Crippen LogP contribution in [0.25, 0.3) is 0 Å². The van der Waals surface area contributed by atoms with E-state index in [0.29, 0.717) is 0 Å². The van der Waals surface area contributed by atoms with Crippen molar-refractivity contribution in [3.63, 3.8) is 0 Å². The predicted molar refractivity (Wildman–Crippen MR) is 66.8 cm³/mol. The van der Waals surface area contributed by atoms with Crippen LogP contribution in [0, 0.1) is 29.1 Å². The molecule has 0 heteroatoms. The molecule has 15 heavy (non-hydrogen) atoms. The molecule has 0 saturated heterocycles. The minimum atomic E-state index is 0.805. The maximum Gasteiger partial charge on any atom is -0.0266 e. The van der Waals surface area contributed by atoms with Crippen molar-refractivity contribution in [3.05, 3.63) is 0 Å². The van der Waals surface area contributed by atoms with E-state index in [-0.39, 0.29) is 0 Å². The molecule has 88 valence electrons. The highest BCUT2D eigenvalue weighted by Gasteiger charge is 2.49. The molecule has 1 atom stereocenters. The van der Waals surface area contributed by atoms with Crippen LogP contribution < -0.4 is 0 Å². The van der Waals surface area contributed by atoms with Crippen LogP contribution in [0.2, 0.25) is 0 Å². The fraction of sp³-hybridized carbons (Fsp3) is 1.00. The molecule has 0 heterocycles. The summed E-state index contributed by atoms with van der Waals surface area (Å²) in [6.07, 6.45) is 9.17. The lowest BCUT2D eigenvalue weighted by Gasteiger charge is -2.56. The Morgan fingerprint density at radius 2 is 1.33 bits per heavy atom. The molecule has 0 aliphatic heterocycles. The molecule has 2 rings (SSSR count). The van der Waals surface area contributed by atoms with Crippen LogP contribution in [0.15, 0.2) is 0 Å². The van der Waals surface area contributed by atoms with Crippen LogP contribution in [-0.2, 0) is 0 Å². The zero-order chi connectivity index (χ0) is 11.1. The molecular formula is C15H28. The van der Waals surface area contributed by atoms with Crippen LogP contribution in [-0.4, -0.2) is 0 Å². The third-order valence-electron chi connectivity index (χ3n) is 5.51. The van der Waals surface area contributed by atoms with E-state index < -0.39 is 0 Å². The smallest absolute Gasteiger partial charge is 0.0266 e. The Morgan fingerprint density at radius 1 is 0.800 bits per heavy atom. The van der Waals surface area contributed by atoms with Gasteiger partial charge >= 0.3 is 0 Å². The van der Waals surface area contributed by atoms with Crippen molar-refractivity contribution < 1.29 is 0 Å². The first-order valence-corrected chi connectivity index (χ1v) is 7.05. The molecule has 0 N–H and O–H groups in total. The van der Waals surface area contributed by atoms with Crippen molar-refractivity contribution in [1.82, 2.24) is 0 Å². The van der Waals surface area contributed by atoms with Crippen molar-refractivity contribution in [2.24, 2.45) is 29.1 Å². The van der Waals surface area contributed by atoms with Crippen molar-refractivity contribution in [2.75, 3.05) is 0 Å². The fourth-order valence-electron chi connectivity index (χ4n) is 4.26. The first kappa shape index (κ1) is 11.5. The molecule has 2 fully saturated rings. The van der Waals surface area contributed by atoms with Gasteiger partial charge in [0.2, 0.25) is 0 Å². The summed E-state index contributed by atoms with van der Waals surface area (Å²) in [6.45, 7) is 9.67. The Balaban J connectivity index is 1.92. The van der Waals surface area contributed by atoms with E-state index in [9.17, 15) is 0 Å². The Labute approximate surface area is 95.8 Å². The maximum absolute atomic E-state index is 2.43. The lowest BCUT2D eigenvalue weighted by atomic mass is 9.49. The van der Waals surface area contributed by atoms with E-state index in [1.54, 1.807) is 19.3 Å². The van der Waals surface area contributed by atoms with E-state index in [0.717, 1.165) is 29.1 Å². The lowest BCUT2D eigenvalue weighted by Crippen LogP contribution is -2.45. The summed E-state index contributed by atoms with van der Waals surface area (Å²) < 4.78 is 0. The normalized spacial score (nSPS) is 41.2. The quantitative estimate of drug-likeness (QED) is 0.606. The molecule has 0 bridgehead atoms. The topological polar surface area (TPSA) is 0 Å². The Bertz CT molecular complexity index is 206. The highest BCUT2D eigenvalue weighted by molar-refractivity contribution is 4.99. The first-order chi connectivity index (χ1) is 7.05. The van der Waals surface area contributed by atoms with Gasteiger partial charge in [0.1, 0.15) is 0 Å². The Kier molecular flexibility index (Phi) is 3.14. The minimum absolute atomic E-state index is 0.805. The van der Waals surface area contributed by atoms with Gasteiger partial charge in [0.15, 0.2) is 0 Å². The third kappa shape index (κ3) is 1.97. The second kappa shape index (κ2) is 4.11. The van der Waals surface area contributed by atoms with Crippen molar-refractivity contribution in [3.8, 4) is 0 Å². The largest absolute Gasteiger partial charge is 0.0625 e. The van der Waals surface area contributed by atoms with Crippen molar-refractivity contribution in [2.45, 2.75) is 66.2 Å². The zero-order valence-electron chi connectivity index (χ0n) is 11.1. The van der Waals surface area contributed by atoms with E-state index in [2.05, 4.69) is 27.7 Å². The van der Waals surface area contributed by atoms with Crippen LogP contribution in [0.4, 0.5) is 0 Å². The highest BCUT2D eigenvalue weighted by atomic mass is 14.5. The van der Waals surface area contributed by atoms with Crippen molar-refractivity contribution >= 4 is 0 Å².